The molecule has 0 aliphatic carbocycles. The fourth-order valence-electron chi connectivity index (χ4n) is 2.82. The SMILES string of the molecule is CC(C)(CCOCCC(C)(C)c1ccccc1)c1ccccc1. The molecule has 0 amide bonds. The van der Waals surface area contributed by atoms with Crippen LogP contribution in [0.3, 0.4) is 0 Å². The van der Waals surface area contributed by atoms with Crippen LogP contribution in [0.5, 0.6) is 0 Å². The highest BCUT2D eigenvalue weighted by atomic mass is 16.5. The van der Waals surface area contributed by atoms with Crippen LogP contribution in [-0.2, 0) is 15.6 Å². The lowest BCUT2D eigenvalue weighted by Gasteiger charge is -2.27. The Morgan fingerprint density at radius 1 is 0.609 bits per heavy atom. The van der Waals surface area contributed by atoms with Gasteiger partial charge < -0.3 is 4.74 Å². The molecule has 0 aliphatic rings. The largest absolute Gasteiger partial charge is 0.381 e. The smallest absolute Gasteiger partial charge is 0.0474 e. The topological polar surface area (TPSA) is 9.23 Å². The first-order valence-electron chi connectivity index (χ1n) is 8.61. The van der Waals surface area contributed by atoms with Crippen molar-refractivity contribution in [1.29, 1.82) is 0 Å². The minimum Gasteiger partial charge on any atom is -0.381 e. The first-order chi connectivity index (χ1) is 10.9. The molecule has 0 saturated heterocycles. The van der Waals surface area contributed by atoms with Gasteiger partial charge in [0, 0.05) is 13.2 Å². The molecule has 0 aliphatic heterocycles. The van der Waals surface area contributed by atoms with Crippen LogP contribution in [0, 0.1) is 0 Å². The average molecular weight is 310 g/mol. The van der Waals surface area contributed by atoms with Gasteiger partial charge in [0.2, 0.25) is 0 Å². The fraction of sp³-hybridized carbons (Fsp3) is 0.455. The van der Waals surface area contributed by atoms with Gasteiger partial charge in [0.25, 0.3) is 0 Å². The van der Waals surface area contributed by atoms with E-state index in [9.17, 15) is 0 Å². The maximum Gasteiger partial charge on any atom is 0.0474 e. The van der Waals surface area contributed by atoms with Gasteiger partial charge in [0.1, 0.15) is 0 Å². The normalized spacial score (nSPS) is 12.3. The summed E-state index contributed by atoms with van der Waals surface area (Å²) < 4.78 is 5.95. The highest BCUT2D eigenvalue weighted by molar-refractivity contribution is 5.24. The van der Waals surface area contributed by atoms with Gasteiger partial charge in [-0.15, -0.1) is 0 Å². The summed E-state index contributed by atoms with van der Waals surface area (Å²) in [5.41, 5.74) is 3.09. The van der Waals surface area contributed by atoms with Crippen LogP contribution >= 0.6 is 0 Å². The van der Waals surface area contributed by atoms with Gasteiger partial charge in [0.05, 0.1) is 0 Å². The van der Waals surface area contributed by atoms with Crippen LogP contribution < -0.4 is 0 Å². The van der Waals surface area contributed by atoms with E-state index < -0.39 is 0 Å². The summed E-state index contributed by atoms with van der Waals surface area (Å²) in [5, 5.41) is 0. The number of benzene rings is 2. The van der Waals surface area contributed by atoms with Crippen molar-refractivity contribution in [3.8, 4) is 0 Å². The summed E-state index contributed by atoms with van der Waals surface area (Å²) in [5.74, 6) is 0. The summed E-state index contributed by atoms with van der Waals surface area (Å²) >= 11 is 0. The van der Waals surface area contributed by atoms with E-state index in [1.54, 1.807) is 0 Å². The van der Waals surface area contributed by atoms with Crippen molar-refractivity contribution in [2.45, 2.75) is 51.4 Å². The van der Waals surface area contributed by atoms with E-state index in [-0.39, 0.29) is 10.8 Å². The van der Waals surface area contributed by atoms with E-state index in [0.717, 1.165) is 26.1 Å². The van der Waals surface area contributed by atoms with Crippen molar-refractivity contribution in [3.05, 3.63) is 71.8 Å². The quantitative estimate of drug-likeness (QED) is 0.565. The van der Waals surface area contributed by atoms with E-state index >= 15 is 0 Å². The van der Waals surface area contributed by atoms with E-state index in [1.807, 2.05) is 0 Å². The molecule has 0 radical (unpaired) electrons. The van der Waals surface area contributed by atoms with Crippen molar-refractivity contribution in [2.75, 3.05) is 13.2 Å². The average Bonchev–Trinajstić information content (AvgIpc) is 2.56. The van der Waals surface area contributed by atoms with Crippen LogP contribution in [-0.4, -0.2) is 13.2 Å². The Morgan fingerprint density at radius 2 is 0.957 bits per heavy atom. The molecule has 0 N–H and O–H groups in total. The van der Waals surface area contributed by atoms with E-state index in [4.69, 9.17) is 4.74 Å². The minimum atomic E-state index is 0.163. The van der Waals surface area contributed by atoms with Crippen LogP contribution in [0.4, 0.5) is 0 Å². The van der Waals surface area contributed by atoms with Crippen molar-refractivity contribution in [3.63, 3.8) is 0 Å². The van der Waals surface area contributed by atoms with E-state index in [0.29, 0.717) is 0 Å². The highest BCUT2D eigenvalue weighted by Gasteiger charge is 2.21. The molecule has 2 aromatic rings. The van der Waals surface area contributed by atoms with Gasteiger partial charge in [-0.1, -0.05) is 88.4 Å². The predicted octanol–water partition coefficient (Wildman–Crippen LogP) is 5.74. The van der Waals surface area contributed by atoms with Crippen LogP contribution in [0.1, 0.15) is 51.7 Å². The summed E-state index contributed by atoms with van der Waals surface area (Å²) in [4.78, 5) is 0. The molecule has 0 aromatic heterocycles. The monoisotopic (exact) mass is 310 g/mol. The van der Waals surface area contributed by atoms with Crippen molar-refractivity contribution in [2.24, 2.45) is 0 Å². The lowest BCUT2D eigenvalue weighted by Crippen LogP contribution is -2.22. The van der Waals surface area contributed by atoms with E-state index in [2.05, 4.69) is 88.4 Å². The molecule has 0 unspecified atom stereocenters. The zero-order valence-corrected chi connectivity index (χ0v) is 15.0. The molecule has 23 heavy (non-hydrogen) atoms. The summed E-state index contributed by atoms with van der Waals surface area (Å²) in [6, 6.07) is 21.4. The fourth-order valence-corrected chi connectivity index (χ4v) is 2.82. The van der Waals surface area contributed by atoms with E-state index in [1.165, 1.54) is 11.1 Å². The number of ether oxygens (including phenoxy) is 1. The van der Waals surface area contributed by atoms with Crippen LogP contribution in [0.25, 0.3) is 0 Å². The Labute approximate surface area is 141 Å². The standard InChI is InChI=1S/C22H30O/c1-21(2,19-11-7-5-8-12-19)15-17-23-18-16-22(3,4)20-13-9-6-10-14-20/h5-14H,15-18H2,1-4H3. The number of hydrogen-bond donors (Lipinski definition) is 0. The van der Waals surface area contributed by atoms with Gasteiger partial charge in [0.15, 0.2) is 0 Å². The summed E-state index contributed by atoms with van der Waals surface area (Å²) in [6.07, 6.45) is 2.09. The Balaban J connectivity index is 1.76. The Kier molecular flexibility index (Phi) is 6.01. The maximum atomic E-state index is 5.95. The van der Waals surface area contributed by atoms with Crippen molar-refractivity contribution in [1.82, 2.24) is 0 Å². The van der Waals surface area contributed by atoms with Crippen molar-refractivity contribution < 1.29 is 4.74 Å². The number of rotatable bonds is 8. The summed E-state index contributed by atoms with van der Waals surface area (Å²) in [6.45, 7) is 10.8. The third-order valence-corrected chi connectivity index (χ3v) is 4.85. The molecule has 124 valence electrons. The molecule has 0 fully saturated rings. The Morgan fingerprint density at radius 3 is 1.30 bits per heavy atom. The molecule has 0 bridgehead atoms. The zero-order valence-electron chi connectivity index (χ0n) is 15.0. The molecule has 1 nitrogen and oxygen atoms in total. The minimum absolute atomic E-state index is 0.163. The molecule has 0 spiro atoms. The highest BCUT2D eigenvalue weighted by Crippen LogP contribution is 2.28. The predicted molar refractivity (Wildman–Crippen MR) is 99.0 cm³/mol. The third kappa shape index (κ3) is 5.21. The van der Waals surface area contributed by atoms with Crippen LogP contribution in [0.2, 0.25) is 0 Å². The third-order valence-electron chi connectivity index (χ3n) is 4.85. The first kappa shape index (κ1) is 17.7. The van der Waals surface area contributed by atoms with Crippen LogP contribution in [0.15, 0.2) is 60.7 Å². The molecular formula is C22H30O. The molecule has 2 rings (SSSR count). The second kappa shape index (κ2) is 7.79. The second-order valence-corrected chi connectivity index (χ2v) is 7.61. The summed E-state index contributed by atoms with van der Waals surface area (Å²) in [7, 11) is 0. The lowest BCUT2D eigenvalue weighted by molar-refractivity contribution is 0.104. The van der Waals surface area contributed by atoms with Gasteiger partial charge in [-0.2, -0.15) is 0 Å². The molecule has 0 atom stereocenters. The maximum absolute atomic E-state index is 5.95. The Hall–Kier alpha value is -1.60. The molecule has 0 saturated carbocycles. The number of hydrogen-bond acceptors (Lipinski definition) is 1. The molecule has 1 heteroatoms. The van der Waals surface area contributed by atoms with Gasteiger partial charge in [-0.3, -0.25) is 0 Å². The Bertz CT molecular complexity index is 516. The van der Waals surface area contributed by atoms with Gasteiger partial charge in [-0.05, 0) is 34.8 Å². The molecule has 0 heterocycles. The molecule has 2 aromatic carbocycles. The van der Waals surface area contributed by atoms with Gasteiger partial charge in [-0.25, -0.2) is 0 Å². The van der Waals surface area contributed by atoms with Gasteiger partial charge >= 0.3 is 0 Å². The second-order valence-electron chi connectivity index (χ2n) is 7.61. The van der Waals surface area contributed by atoms with Crippen molar-refractivity contribution >= 4 is 0 Å². The molecular weight excluding hydrogens is 280 g/mol. The zero-order chi connectivity index (χ0) is 16.8. The lowest BCUT2D eigenvalue weighted by atomic mass is 9.81. The first-order valence-corrected chi connectivity index (χ1v) is 8.61.